The lowest BCUT2D eigenvalue weighted by atomic mass is 10.4. The Morgan fingerprint density at radius 1 is 1.54 bits per heavy atom. The highest BCUT2D eigenvalue weighted by Crippen LogP contribution is 2.17. The molecular formula is C7H13Cl2N3O. The van der Waals surface area contributed by atoms with Crippen molar-refractivity contribution in [2.45, 2.75) is 19.5 Å². The first-order valence-corrected chi connectivity index (χ1v) is 3.80. The van der Waals surface area contributed by atoms with Crippen LogP contribution in [0.15, 0.2) is 6.07 Å². The molecule has 4 nitrogen and oxygen atoms in total. The van der Waals surface area contributed by atoms with Gasteiger partial charge in [-0.2, -0.15) is 5.10 Å². The zero-order valence-corrected chi connectivity index (χ0v) is 8.74. The number of nitrogens with two attached hydrogens (primary N) is 1. The Balaban J connectivity index is 0.000000720. The maximum absolute atomic E-state index is 5.43. The zero-order valence-electron chi connectivity index (χ0n) is 7.10. The largest absolute Gasteiger partial charge is 0.478 e. The van der Waals surface area contributed by atoms with Gasteiger partial charge in [-0.1, -0.05) is 0 Å². The van der Waals surface area contributed by atoms with Crippen LogP contribution in [0, 0.1) is 0 Å². The fourth-order valence-electron chi connectivity index (χ4n) is 1.22. The monoisotopic (exact) mass is 225 g/mol. The summed E-state index contributed by atoms with van der Waals surface area (Å²) in [5.41, 5.74) is 6.34. The Morgan fingerprint density at radius 2 is 2.31 bits per heavy atom. The van der Waals surface area contributed by atoms with Gasteiger partial charge in [-0.05, 0) is 0 Å². The highest BCUT2D eigenvalue weighted by Gasteiger charge is 2.11. The third kappa shape index (κ3) is 2.49. The van der Waals surface area contributed by atoms with Gasteiger partial charge in [-0.3, -0.25) is 0 Å². The first-order valence-electron chi connectivity index (χ1n) is 3.80. The minimum Gasteiger partial charge on any atom is -0.478 e. The number of hydrogen-bond acceptors (Lipinski definition) is 3. The molecule has 0 aromatic carbocycles. The van der Waals surface area contributed by atoms with Crippen molar-refractivity contribution in [3.05, 3.63) is 11.8 Å². The number of halogens is 2. The van der Waals surface area contributed by atoms with Crippen LogP contribution >= 0.6 is 24.8 Å². The van der Waals surface area contributed by atoms with Gasteiger partial charge in [0.05, 0.1) is 12.3 Å². The molecule has 0 spiro atoms. The molecule has 0 saturated carbocycles. The van der Waals surface area contributed by atoms with Gasteiger partial charge in [0, 0.05) is 25.6 Å². The Hall–Kier alpha value is -0.450. The smallest absolute Gasteiger partial charge is 0.212 e. The minimum atomic E-state index is 0. The van der Waals surface area contributed by atoms with Crippen LogP contribution in [0.3, 0.4) is 0 Å². The van der Waals surface area contributed by atoms with Crippen molar-refractivity contribution in [1.29, 1.82) is 0 Å². The molecule has 0 bridgehead atoms. The van der Waals surface area contributed by atoms with E-state index in [9.17, 15) is 0 Å². The maximum atomic E-state index is 5.43. The normalized spacial score (nSPS) is 13.3. The number of hydrogen-bond donors (Lipinski definition) is 1. The predicted molar refractivity (Wildman–Crippen MR) is 54.7 cm³/mol. The standard InChI is InChI=1S/C7H11N3O.2ClH/c8-5-6-4-7-10(9-6)2-1-3-11-7;;/h4H,1-3,5,8H2;2*1H. The summed E-state index contributed by atoms with van der Waals surface area (Å²) in [6.45, 7) is 2.24. The molecule has 1 aliphatic rings. The second-order valence-corrected chi connectivity index (χ2v) is 2.60. The summed E-state index contributed by atoms with van der Waals surface area (Å²) in [6, 6.07) is 1.90. The fourth-order valence-corrected chi connectivity index (χ4v) is 1.22. The van der Waals surface area contributed by atoms with Crippen LogP contribution in [0.25, 0.3) is 0 Å². The summed E-state index contributed by atoms with van der Waals surface area (Å²) >= 11 is 0. The van der Waals surface area contributed by atoms with Crippen molar-refractivity contribution >= 4 is 24.8 Å². The second-order valence-electron chi connectivity index (χ2n) is 2.60. The van der Waals surface area contributed by atoms with Gasteiger partial charge in [0.15, 0.2) is 0 Å². The van der Waals surface area contributed by atoms with Crippen molar-refractivity contribution in [3.63, 3.8) is 0 Å². The van der Waals surface area contributed by atoms with Crippen LogP contribution < -0.4 is 10.5 Å². The topological polar surface area (TPSA) is 53.1 Å². The van der Waals surface area contributed by atoms with E-state index in [4.69, 9.17) is 10.5 Å². The van der Waals surface area contributed by atoms with E-state index in [1.807, 2.05) is 10.7 Å². The van der Waals surface area contributed by atoms with E-state index in [1.165, 1.54) is 0 Å². The molecule has 1 aromatic heterocycles. The van der Waals surface area contributed by atoms with Crippen LogP contribution in [0.1, 0.15) is 12.1 Å². The van der Waals surface area contributed by atoms with E-state index in [0.29, 0.717) is 6.54 Å². The number of aryl methyl sites for hydroxylation is 1. The number of nitrogens with zero attached hydrogens (tertiary/aromatic N) is 2. The third-order valence-electron chi connectivity index (χ3n) is 1.77. The van der Waals surface area contributed by atoms with E-state index in [0.717, 1.165) is 31.1 Å². The molecule has 1 aromatic rings. The molecular weight excluding hydrogens is 213 g/mol. The molecule has 76 valence electrons. The predicted octanol–water partition coefficient (Wildman–Crippen LogP) is 0.968. The molecule has 0 atom stereocenters. The molecule has 0 amide bonds. The summed E-state index contributed by atoms with van der Waals surface area (Å²) in [4.78, 5) is 0. The van der Waals surface area contributed by atoms with Crippen LogP contribution in [0.5, 0.6) is 5.88 Å². The molecule has 0 unspecified atom stereocenters. The van der Waals surface area contributed by atoms with Crippen molar-refractivity contribution < 1.29 is 4.74 Å². The van der Waals surface area contributed by atoms with Crippen LogP contribution in [0.2, 0.25) is 0 Å². The number of ether oxygens (including phenoxy) is 1. The average Bonchev–Trinajstić information content (AvgIpc) is 2.46. The number of fused-ring (bicyclic) bond motifs is 1. The molecule has 2 rings (SSSR count). The summed E-state index contributed by atoms with van der Waals surface area (Å²) < 4.78 is 7.22. The molecule has 0 radical (unpaired) electrons. The molecule has 0 saturated heterocycles. The zero-order chi connectivity index (χ0) is 7.68. The molecule has 2 heterocycles. The molecule has 2 N–H and O–H groups in total. The van der Waals surface area contributed by atoms with Crippen LogP contribution in [-0.2, 0) is 13.1 Å². The van der Waals surface area contributed by atoms with E-state index in [1.54, 1.807) is 0 Å². The summed E-state index contributed by atoms with van der Waals surface area (Å²) in [5, 5.41) is 4.24. The van der Waals surface area contributed by atoms with Crippen molar-refractivity contribution in [1.82, 2.24) is 9.78 Å². The average molecular weight is 226 g/mol. The lowest BCUT2D eigenvalue weighted by Crippen LogP contribution is -2.14. The first-order chi connectivity index (χ1) is 5.40. The Bertz CT molecular complexity index is 241. The Morgan fingerprint density at radius 3 is 2.92 bits per heavy atom. The van der Waals surface area contributed by atoms with Gasteiger partial charge in [0.2, 0.25) is 5.88 Å². The Labute approximate surface area is 89.3 Å². The van der Waals surface area contributed by atoms with Crippen LogP contribution in [-0.4, -0.2) is 16.4 Å². The van der Waals surface area contributed by atoms with Gasteiger partial charge >= 0.3 is 0 Å². The Kier molecular flexibility index (Phi) is 5.13. The fraction of sp³-hybridized carbons (Fsp3) is 0.571. The molecule has 1 aliphatic heterocycles. The maximum Gasteiger partial charge on any atom is 0.212 e. The van der Waals surface area contributed by atoms with Crippen LogP contribution in [0.4, 0.5) is 0 Å². The van der Waals surface area contributed by atoms with Crippen molar-refractivity contribution in [2.24, 2.45) is 5.73 Å². The van der Waals surface area contributed by atoms with Gasteiger partial charge in [0.1, 0.15) is 0 Å². The van der Waals surface area contributed by atoms with E-state index in [-0.39, 0.29) is 24.8 Å². The highest BCUT2D eigenvalue weighted by atomic mass is 35.5. The molecule has 6 heteroatoms. The van der Waals surface area contributed by atoms with E-state index < -0.39 is 0 Å². The van der Waals surface area contributed by atoms with E-state index in [2.05, 4.69) is 5.10 Å². The number of rotatable bonds is 1. The molecule has 0 aliphatic carbocycles. The molecule has 13 heavy (non-hydrogen) atoms. The quantitative estimate of drug-likeness (QED) is 0.776. The summed E-state index contributed by atoms with van der Waals surface area (Å²) in [7, 11) is 0. The summed E-state index contributed by atoms with van der Waals surface area (Å²) in [6.07, 6.45) is 1.04. The van der Waals surface area contributed by atoms with Gasteiger partial charge < -0.3 is 10.5 Å². The van der Waals surface area contributed by atoms with Crippen molar-refractivity contribution in [2.75, 3.05) is 6.61 Å². The summed E-state index contributed by atoms with van der Waals surface area (Å²) in [5.74, 6) is 0.858. The SMILES string of the molecule is Cl.Cl.NCc1cc2n(n1)CCCO2. The van der Waals surface area contributed by atoms with Gasteiger partial charge in [-0.25, -0.2) is 4.68 Å². The molecule has 0 fully saturated rings. The van der Waals surface area contributed by atoms with Crippen molar-refractivity contribution in [3.8, 4) is 5.88 Å². The third-order valence-corrected chi connectivity index (χ3v) is 1.77. The number of aromatic nitrogens is 2. The van der Waals surface area contributed by atoms with E-state index >= 15 is 0 Å². The van der Waals surface area contributed by atoms with Gasteiger partial charge in [0.25, 0.3) is 0 Å². The van der Waals surface area contributed by atoms with Gasteiger partial charge in [-0.15, -0.1) is 24.8 Å². The highest BCUT2D eigenvalue weighted by molar-refractivity contribution is 5.85. The lowest BCUT2D eigenvalue weighted by Gasteiger charge is -2.13. The lowest BCUT2D eigenvalue weighted by molar-refractivity contribution is 0.230. The first kappa shape index (κ1) is 12.6. The second kappa shape index (κ2) is 5.32. The minimum absolute atomic E-state index is 0.